The summed E-state index contributed by atoms with van der Waals surface area (Å²) in [4.78, 5) is 27.7. The van der Waals surface area contributed by atoms with Crippen LogP contribution < -0.4 is 19.7 Å². The molecule has 1 heterocycles. The maximum Gasteiger partial charge on any atom is 0.270 e. The molecular formula is C32H27BrN2O4S. The van der Waals surface area contributed by atoms with Crippen LogP contribution in [0.15, 0.2) is 88.9 Å². The van der Waals surface area contributed by atoms with E-state index in [1.807, 2.05) is 55.5 Å². The fraction of sp³-hybridized carbons (Fsp3) is 0.156. The van der Waals surface area contributed by atoms with E-state index in [1.165, 1.54) is 11.0 Å². The number of hydrogen-bond donors (Lipinski definition) is 1. The van der Waals surface area contributed by atoms with Gasteiger partial charge < -0.3 is 9.47 Å². The lowest BCUT2D eigenvalue weighted by atomic mass is 10.1. The number of fused-ring (bicyclic) bond motifs is 1. The third-order valence-electron chi connectivity index (χ3n) is 6.63. The Kier molecular flexibility index (Phi) is 8.28. The van der Waals surface area contributed by atoms with Crippen molar-refractivity contribution in [3.63, 3.8) is 0 Å². The number of carbonyl (C=O) groups excluding carboxylic acids is 2. The first-order chi connectivity index (χ1) is 19.4. The highest BCUT2D eigenvalue weighted by Gasteiger charge is 2.34. The highest BCUT2D eigenvalue weighted by molar-refractivity contribution is 9.10. The van der Waals surface area contributed by atoms with Crippen molar-refractivity contribution in [3.05, 3.63) is 106 Å². The van der Waals surface area contributed by atoms with E-state index in [1.54, 1.807) is 12.1 Å². The molecule has 202 valence electrons. The molecule has 1 aliphatic heterocycles. The summed E-state index contributed by atoms with van der Waals surface area (Å²) in [6.45, 7) is 4.70. The van der Waals surface area contributed by atoms with Crippen molar-refractivity contribution < 1.29 is 19.1 Å². The van der Waals surface area contributed by atoms with Gasteiger partial charge in [-0.2, -0.15) is 0 Å². The second kappa shape index (κ2) is 12.0. The van der Waals surface area contributed by atoms with Crippen molar-refractivity contribution in [3.8, 4) is 11.5 Å². The van der Waals surface area contributed by atoms with Crippen LogP contribution in [0.5, 0.6) is 11.5 Å². The second-order valence-corrected chi connectivity index (χ2v) is 10.4. The zero-order valence-electron chi connectivity index (χ0n) is 22.1. The van der Waals surface area contributed by atoms with Crippen molar-refractivity contribution >= 4 is 67.6 Å². The predicted octanol–water partition coefficient (Wildman–Crippen LogP) is 6.97. The number of ether oxygens (including phenoxy) is 2. The van der Waals surface area contributed by atoms with Crippen LogP contribution in [-0.2, 0) is 22.6 Å². The van der Waals surface area contributed by atoms with Gasteiger partial charge >= 0.3 is 0 Å². The molecule has 1 saturated heterocycles. The van der Waals surface area contributed by atoms with Crippen LogP contribution in [0.2, 0.25) is 0 Å². The molecule has 0 aromatic heterocycles. The molecule has 5 rings (SSSR count). The average Bonchev–Trinajstić information content (AvgIpc) is 2.96. The maximum atomic E-state index is 13.5. The molecule has 0 atom stereocenters. The highest BCUT2D eigenvalue weighted by Crippen LogP contribution is 2.36. The molecule has 1 aliphatic rings. The van der Waals surface area contributed by atoms with E-state index in [2.05, 4.69) is 46.4 Å². The number of rotatable bonds is 8. The van der Waals surface area contributed by atoms with E-state index in [0.717, 1.165) is 28.3 Å². The Hall–Kier alpha value is -4.01. The minimum atomic E-state index is -0.558. The molecule has 0 aliphatic carbocycles. The zero-order chi connectivity index (χ0) is 28.2. The molecule has 8 heteroatoms. The van der Waals surface area contributed by atoms with Crippen LogP contribution >= 0.6 is 28.1 Å². The van der Waals surface area contributed by atoms with Gasteiger partial charge in [-0.25, -0.2) is 0 Å². The minimum Gasteiger partial charge on any atom is -0.490 e. The Morgan fingerprint density at radius 3 is 2.40 bits per heavy atom. The fourth-order valence-corrected chi connectivity index (χ4v) is 5.26. The zero-order valence-corrected chi connectivity index (χ0v) is 24.5. The van der Waals surface area contributed by atoms with Gasteiger partial charge in [-0.1, -0.05) is 77.5 Å². The van der Waals surface area contributed by atoms with Gasteiger partial charge in [0.05, 0.1) is 12.3 Å². The number of hydrogen-bond acceptors (Lipinski definition) is 5. The molecular weight excluding hydrogens is 588 g/mol. The molecule has 0 radical (unpaired) electrons. The molecule has 6 nitrogen and oxygen atoms in total. The highest BCUT2D eigenvalue weighted by atomic mass is 79.9. The monoisotopic (exact) mass is 614 g/mol. The summed E-state index contributed by atoms with van der Waals surface area (Å²) in [6.07, 6.45) is 2.41. The van der Waals surface area contributed by atoms with E-state index in [9.17, 15) is 9.59 Å². The molecule has 0 bridgehead atoms. The molecule has 4 aromatic carbocycles. The summed E-state index contributed by atoms with van der Waals surface area (Å²) in [5, 5.41) is 4.95. The molecule has 2 amide bonds. The molecule has 1 N–H and O–H groups in total. The first kappa shape index (κ1) is 27.6. The summed E-state index contributed by atoms with van der Waals surface area (Å²) >= 11 is 8.93. The number of anilines is 1. The summed E-state index contributed by atoms with van der Waals surface area (Å²) < 4.78 is 12.7. The lowest BCUT2D eigenvalue weighted by Crippen LogP contribution is -2.54. The third-order valence-corrected chi connectivity index (χ3v) is 7.60. The van der Waals surface area contributed by atoms with Crippen LogP contribution in [0.25, 0.3) is 16.8 Å². The maximum absolute atomic E-state index is 13.5. The number of aryl methyl sites for hydroxylation is 1. The quantitative estimate of drug-likeness (QED) is 0.132. The largest absolute Gasteiger partial charge is 0.490 e. The molecule has 0 spiro atoms. The number of amides is 2. The number of nitrogens with one attached hydrogen (secondary N) is 1. The summed E-state index contributed by atoms with van der Waals surface area (Å²) in [5.41, 5.74) is 3.32. The van der Waals surface area contributed by atoms with Crippen LogP contribution in [-0.4, -0.2) is 23.5 Å². The smallest absolute Gasteiger partial charge is 0.270 e. The van der Waals surface area contributed by atoms with E-state index >= 15 is 0 Å². The Morgan fingerprint density at radius 1 is 0.925 bits per heavy atom. The Labute approximate surface area is 246 Å². The van der Waals surface area contributed by atoms with Gasteiger partial charge in [-0.3, -0.25) is 19.8 Å². The number of thiocarbonyl (C=S) groups is 1. The van der Waals surface area contributed by atoms with Crippen molar-refractivity contribution in [1.29, 1.82) is 0 Å². The van der Waals surface area contributed by atoms with Crippen molar-refractivity contribution in [2.75, 3.05) is 11.5 Å². The molecule has 0 saturated carbocycles. The van der Waals surface area contributed by atoms with E-state index < -0.39 is 11.8 Å². The Bertz CT molecular complexity index is 1640. The summed E-state index contributed by atoms with van der Waals surface area (Å²) in [5.74, 6) is -0.0113. The van der Waals surface area contributed by atoms with Gasteiger partial charge in [0.1, 0.15) is 12.2 Å². The topological polar surface area (TPSA) is 67.9 Å². The minimum absolute atomic E-state index is 0.0410. The average molecular weight is 616 g/mol. The van der Waals surface area contributed by atoms with E-state index in [4.69, 9.17) is 21.7 Å². The first-order valence-electron chi connectivity index (χ1n) is 13.0. The SMILES string of the molecule is CCOc1cc(/C=C2\C(=O)NC(=S)N(c3ccc(CC)cc3)C2=O)c(Br)cc1OCc1cccc2ccccc12. The first-order valence-corrected chi connectivity index (χ1v) is 14.2. The lowest BCUT2D eigenvalue weighted by molar-refractivity contribution is -0.122. The van der Waals surface area contributed by atoms with Crippen LogP contribution in [0.4, 0.5) is 5.69 Å². The third kappa shape index (κ3) is 5.64. The van der Waals surface area contributed by atoms with Crippen LogP contribution in [0.3, 0.4) is 0 Å². The summed E-state index contributed by atoms with van der Waals surface area (Å²) in [6, 6.07) is 25.3. The number of benzene rings is 4. The van der Waals surface area contributed by atoms with Crippen molar-refractivity contribution in [2.24, 2.45) is 0 Å². The fourth-order valence-electron chi connectivity index (χ4n) is 4.54. The standard InChI is InChI=1S/C32H27BrN2O4S/c1-3-20-12-14-24(15-13-20)35-31(37)26(30(36)34-32(35)40)16-23-17-28(38-4-2)29(18-27(23)33)39-19-22-10-7-9-21-8-5-6-11-25(21)22/h5-18H,3-4,19H2,1-2H3,(H,34,36,40)/b26-16+. The van der Waals surface area contributed by atoms with Gasteiger partial charge in [-0.05, 0) is 83.4 Å². The van der Waals surface area contributed by atoms with Gasteiger partial charge in [-0.15, -0.1) is 0 Å². The molecule has 40 heavy (non-hydrogen) atoms. The van der Waals surface area contributed by atoms with Crippen LogP contribution in [0.1, 0.15) is 30.5 Å². The van der Waals surface area contributed by atoms with Gasteiger partial charge in [0, 0.05) is 4.47 Å². The number of halogens is 1. The molecule has 4 aromatic rings. The van der Waals surface area contributed by atoms with Gasteiger partial charge in [0.2, 0.25) is 0 Å². The Morgan fingerprint density at radius 2 is 1.65 bits per heavy atom. The van der Waals surface area contributed by atoms with Gasteiger partial charge in [0.25, 0.3) is 11.8 Å². The van der Waals surface area contributed by atoms with E-state index in [-0.39, 0.29) is 10.7 Å². The normalized spacial score (nSPS) is 14.5. The molecule has 0 unspecified atom stereocenters. The summed E-state index contributed by atoms with van der Waals surface area (Å²) in [7, 11) is 0. The van der Waals surface area contributed by atoms with Crippen LogP contribution in [0, 0.1) is 0 Å². The predicted molar refractivity (Wildman–Crippen MR) is 166 cm³/mol. The number of nitrogens with zero attached hydrogens (tertiary/aromatic N) is 1. The van der Waals surface area contributed by atoms with Crippen molar-refractivity contribution in [1.82, 2.24) is 5.32 Å². The van der Waals surface area contributed by atoms with Crippen molar-refractivity contribution in [2.45, 2.75) is 26.9 Å². The van der Waals surface area contributed by atoms with Gasteiger partial charge in [0.15, 0.2) is 16.6 Å². The lowest BCUT2D eigenvalue weighted by Gasteiger charge is -2.29. The second-order valence-electron chi connectivity index (χ2n) is 9.16. The molecule has 1 fully saturated rings. The Balaban J connectivity index is 1.45. The number of carbonyl (C=O) groups is 2. The van der Waals surface area contributed by atoms with E-state index in [0.29, 0.717) is 40.4 Å².